The number of carbonyl (C=O) groups is 3. The van der Waals surface area contributed by atoms with Crippen molar-refractivity contribution in [2.24, 2.45) is 28.6 Å². The second-order valence-corrected chi connectivity index (χ2v) is 12.5. The first kappa shape index (κ1) is 28.5. The van der Waals surface area contributed by atoms with Crippen LogP contribution in [-0.2, 0) is 9.59 Å². The lowest BCUT2D eigenvalue weighted by Gasteiger charge is -2.62. The number of amides is 1. The Hall–Kier alpha value is -3.04. The van der Waals surface area contributed by atoms with E-state index in [-0.39, 0.29) is 36.8 Å². The smallest absolute Gasteiger partial charge is 0.335 e. The van der Waals surface area contributed by atoms with Gasteiger partial charge in [-0.1, -0.05) is 25.5 Å². The summed E-state index contributed by atoms with van der Waals surface area (Å²) in [4.78, 5) is 36.6. The second kappa shape index (κ2) is 9.80. The minimum Gasteiger partial charge on any atom is -0.494 e. The Morgan fingerprint density at radius 1 is 1.18 bits per heavy atom. The number of allylic oxidation sites excluding steroid dienone is 4. The largest absolute Gasteiger partial charge is 0.494 e. The fraction of sp³-hybridized carbons (Fsp3) is 0.581. The number of fused-ring (bicyclic) bond motifs is 5. The van der Waals surface area contributed by atoms with Gasteiger partial charge in [-0.15, -0.1) is 0 Å². The molecule has 0 radical (unpaired) electrons. The normalized spacial score (nSPS) is 40.0. The summed E-state index contributed by atoms with van der Waals surface area (Å²) in [6.07, 6.45) is 4.85. The molecular weight excluding hydrogens is 517 g/mol. The first-order chi connectivity index (χ1) is 18.8. The van der Waals surface area contributed by atoms with Gasteiger partial charge >= 0.3 is 5.97 Å². The topological polar surface area (TPSA) is 133 Å². The number of ether oxygens (including phenoxy) is 1. The van der Waals surface area contributed by atoms with Crippen molar-refractivity contribution in [3.63, 3.8) is 0 Å². The van der Waals surface area contributed by atoms with Crippen LogP contribution in [0.4, 0.5) is 4.39 Å². The van der Waals surface area contributed by atoms with Gasteiger partial charge in [0.25, 0.3) is 5.91 Å². The summed E-state index contributed by atoms with van der Waals surface area (Å²) >= 11 is 0. The fourth-order valence-electron chi connectivity index (χ4n) is 8.32. The molecule has 0 saturated heterocycles. The van der Waals surface area contributed by atoms with Crippen LogP contribution in [0.3, 0.4) is 0 Å². The Bertz CT molecular complexity index is 1280. The van der Waals surface area contributed by atoms with E-state index >= 15 is 4.39 Å². The van der Waals surface area contributed by atoms with Crippen LogP contribution in [0.25, 0.3) is 0 Å². The summed E-state index contributed by atoms with van der Waals surface area (Å²) in [6.45, 7) is 5.89. The molecule has 0 aliphatic heterocycles. The summed E-state index contributed by atoms with van der Waals surface area (Å²) < 4.78 is 22.9. The Labute approximate surface area is 233 Å². The molecule has 0 aromatic heterocycles. The lowest BCUT2D eigenvalue weighted by Crippen LogP contribution is -2.70. The number of rotatable bonds is 7. The van der Waals surface area contributed by atoms with Gasteiger partial charge < -0.3 is 25.4 Å². The van der Waals surface area contributed by atoms with Crippen molar-refractivity contribution >= 4 is 17.7 Å². The molecule has 4 N–H and O–H groups in total. The van der Waals surface area contributed by atoms with Gasteiger partial charge in [-0.25, -0.2) is 9.18 Å². The van der Waals surface area contributed by atoms with Crippen LogP contribution in [0.15, 0.2) is 48.1 Å². The molecule has 4 aliphatic carbocycles. The molecule has 40 heavy (non-hydrogen) atoms. The molecule has 8 nitrogen and oxygen atoms in total. The predicted octanol–water partition coefficient (Wildman–Crippen LogP) is 3.62. The van der Waals surface area contributed by atoms with Gasteiger partial charge in [0, 0.05) is 23.3 Å². The zero-order chi connectivity index (χ0) is 29.1. The van der Waals surface area contributed by atoms with Gasteiger partial charge in [0.2, 0.25) is 0 Å². The van der Waals surface area contributed by atoms with Crippen LogP contribution < -0.4 is 10.1 Å². The number of aromatic carboxylic acids is 1. The van der Waals surface area contributed by atoms with Crippen molar-refractivity contribution < 1.29 is 38.8 Å². The van der Waals surface area contributed by atoms with E-state index in [2.05, 4.69) is 5.32 Å². The Kier molecular flexibility index (Phi) is 6.98. The zero-order valence-corrected chi connectivity index (χ0v) is 23.2. The molecule has 0 bridgehead atoms. The summed E-state index contributed by atoms with van der Waals surface area (Å²) in [5, 5.41) is 35.3. The number of aliphatic hydroxyl groups is 2. The maximum absolute atomic E-state index is 17.3. The number of halogens is 1. The summed E-state index contributed by atoms with van der Waals surface area (Å²) in [5.74, 6) is -2.56. The molecule has 0 spiro atoms. The number of hydrogen-bond donors (Lipinski definition) is 4. The lowest BCUT2D eigenvalue weighted by atomic mass is 9.44. The van der Waals surface area contributed by atoms with E-state index in [1.807, 2.05) is 6.92 Å². The SMILES string of the molecule is C[C@@H]1C[C@H]2[C@@H]3CCC4=CC(=O)C=C[C@]4(C)[C@@]3(F)[C@@H](O)C[C@]2(C)[C@@]1(O)C(=O)NCCCOc1ccc(C(=O)O)cc1. The quantitative estimate of drug-likeness (QED) is 0.378. The third-order valence-corrected chi connectivity index (χ3v) is 10.5. The first-order valence-electron chi connectivity index (χ1n) is 14.1. The minimum absolute atomic E-state index is 0.0704. The second-order valence-electron chi connectivity index (χ2n) is 12.5. The number of nitrogens with one attached hydrogen (secondary N) is 1. The van der Waals surface area contributed by atoms with E-state index in [9.17, 15) is 24.6 Å². The highest BCUT2D eigenvalue weighted by Gasteiger charge is 2.75. The minimum atomic E-state index is -2.01. The van der Waals surface area contributed by atoms with E-state index in [1.54, 1.807) is 32.1 Å². The van der Waals surface area contributed by atoms with Gasteiger partial charge in [-0.2, -0.15) is 0 Å². The number of ketones is 1. The summed E-state index contributed by atoms with van der Waals surface area (Å²) in [7, 11) is 0. The maximum Gasteiger partial charge on any atom is 0.335 e. The third kappa shape index (κ3) is 3.96. The van der Waals surface area contributed by atoms with Crippen LogP contribution in [0.1, 0.15) is 63.2 Å². The zero-order valence-electron chi connectivity index (χ0n) is 23.2. The number of aliphatic hydroxyl groups excluding tert-OH is 1. The molecule has 3 saturated carbocycles. The molecule has 0 heterocycles. The average Bonchev–Trinajstić information content (AvgIpc) is 3.11. The van der Waals surface area contributed by atoms with E-state index < -0.39 is 51.9 Å². The number of carboxylic acids is 1. The van der Waals surface area contributed by atoms with Gasteiger partial charge in [0.05, 0.1) is 18.3 Å². The lowest BCUT2D eigenvalue weighted by molar-refractivity contribution is -0.219. The monoisotopic (exact) mass is 555 g/mol. The molecular formula is C31H38FNO7. The first-order valence-corrected chi connectivity index (χ1v) is 14.1. The van der Waals surface area contributed by atoms with Gasteiger partial charge in [0.1, 0.15) is 5.75 Å². The van der Waals surface area contributed by atoms with Gasteiger partial charge in [-0.3, -0.25) is 9.59 Å². The molecule has 216 valence electrons. The Morgan fingerprint density at radius 2 is 1.88 bits per heavy atom. The standard InChI is InChI=1S/C31H38FNO7/c1-18-15-24-23-10-7-20-16-21(34)11-12-28(20,2)30(23,32)25(35)17-29(24,3)31(18,39)27(38)33-13-4-14-40-22-8-5-19(6-9-22)26(36)37/h5-6,8-9,11-12,16,18,23-25,35,39H,4,7,10,13-15,17H2,1-3H3,(H,33,38)(H,36,37)/t18-,23+,24+,25+,28+,29+,30+,31+/m1/s1. The van der Waals surface area contributed by atoms with Crippen LogP contribution >= 0.6 is 0 Å². The number of hydrogen-bond acceptors (Lipinski definition) is 6. The van der Waals surface area contributed by atoms with Gasteiger partial charge in [0.15, 0.2) is 17.1 Å². The van der Waals surface area contributed by atoms with Crippen molar-refractivity contribution in [2.75, 3.05) is 13.2 Å². The van der Waals surface area contributed by atoms with Crippen LogP contribution in [0.5, 0.6) is 5.75 Å². The Balaban J connectivity index is 1.27. The molecule has 3 fully saturated rings. The van der Waals surface area contributed by atoms with E-state index in [0.29, 0.717) is 37.0 Å². The van der Waals surface area contributed by atoms with Crippen molar-refractivity contribution in [2.45, 2.75) is 70.2 Å². The molecule has 4 aliphatic rings. The molecule has 0 unspecified atom stereocenters. The van der Waals surface area contributed by atoms with Crippen molar-refractivity contribution in [3.8, 4) is 5.75 Å². The molecule has 1 aromatic rings. The number of alkyl halides is 1. The fourth-order valence-corrected chi connectivity index (χ4v) is 8.32. The van der Waals surface area contributed by atoms with Crippen molar-refractivity contribution in [1.82, 2.24) is 5.32 Å². The molecule has 1 aromatic carbocycles. The predicted molar refractivity (Wildman–Crippen MR) is 144 cm³/mol. The summed E-state index contributed by atoms with van der Waals surface area (Å²) in [5.41, 5.74) is -5.11. The number of benzene rings is 1. The average molecular weight is 556 g/mol. The number of carbonyl (C=O) groups excluding carboxylic acids is 2. The highest BCUT2D eigenvalue weighted by atomic mass is 19.1. The summed E-state index contributed by atoms with van der Waals surface area (Å²) in [6, 6.07) is 6.03. The third-order valence-electron chi connectivity index (χ3n) is 10.5. The maximum atomic E-state index is 17.3. The van der Waals surface area contributed by atoms with Crippen LogP contribution in [0.2, 0.25) is 0 Å². The number of carboxylic acid groups (broad SMARTS) is 1. The van der Waals surface area contributed by atoms with E-state index in [4.69, 9.17) is 9.84 Å². The molecule has 5 rings (SSSR count). The highest BCUT2D eigenvalue weighted by molar-refractivity contribution is 6.01. The molecule has 1 amide bonds. The van der Waals surface area contributed by atoms with Crippen LogP contribution in [0, 0.1) is 28.6 Å². The van der Waals surface area contributed by atoms with Crippen molar-refractivity contribution in [1.29, 1.82) is 0 Å². The van der Waals surface area contributed by atoms with Crippen molar-refractivity contribution in [3.05, 3.63) is 53.6 Å². The van der Waals surface area contributed by atoms with E-state index in [1.165, 1.54) is 24.3 Å². The van der Waals surface area contributed by atoms with Crippen LogP contribution in [-0.4, -0.2) is 63.5 Å². The Morgan fingerprint density at radius 3 is 2.55 bits per heavy atom. The van der Waals surface area contributed by atoms with Gasteiger partial charge in [-0.05, 0) is 87.3 Å². The highest BCUT2D eigenvalue weighted by Crippen LogP contribution is 2.70. The molecule has 9 heteroatoms. The van der Waals surface area contributed by atoms with E-state index in [0.717, 1.165) is 0 Å². The molecule has 8 atom stereocenters.